The molecule has 3 nitrogen and oxygen atoms in total. The van der Waals surface area contributed by atoms with Crippen molar-refractivity contribution >= 4 is 12.0 Å². The second-order valence-electron chi connectivity index (χ2n) is 2.52. The van der Waals surface area contributed by atoms with Gasteiger partial charge in [-0.25, -0.2) is 0 Å². The van der Waals surface area contributed by atoms with E-state index in [0.717, 1.165) is 5.56 Å². The zero-order valence-electron chi connectivity index (χ0n) is 6.91. The molecule has 0 aromatic heterocycles. The largest absolute Gasteiger partial charge is 0.484 e. The van der Waals surface area contributed by atoms with E-state index in [-0.39, 0.29) is 6.61 Å². The van der Waals surface area contributed by atoms with Gasteiger partial charge in [-0.05, 0) is 24.6 Å². The summed E-state index contributed by atoms with van der Waals surface area (Å²) < 4.78 is 5.05. The molecule has 0 fully saturated rings. The van der Waals surface area contributed by atoms with Crippen molar-refractivity contribution in [3.8, 4) is 5.75 Å². The van der Waals surface area contributed by atoms with Crippen molar-refractivity contribution in [1.82, 2.24) is 0 Å². The SMILES string of the molecule is Cc1ccc(OCC=O)c(N)c1. The maximum atomic E-state index is 9.99. The molecule has 1 rings (SSSR count). The molecule has 0 aliphatic carbocycles. The average molecular weight is 165 g/mol. The van der Waals surface area contributed by atoms with Gasteiger partial charge in [0.25, 0.3) is 0 Å². The molecule has 0 saturated heterocycles. The Bertz CT molecular complexity index is 284. The third kappa shape index (κ3) is 1.99. The van der Waals surface area contributed by atoms with Gasteiger partial charge in [-0.2, -0.15) is 0 Å². The lowest BCUT2D eigenvalue weighted by atomic mass is 10.2. The Balaban J connectivity index is 2.78. The predicted molar refractivity (Wildman–Crippen MR) is 47.2 cm³/mol. The van der Waals surface area contributed by atoms with Crippen molar-refractivity contribution in [2.24, 2.45) is 0 Å². The summed E-state index contributed by atoms with van der Waals surface area (Å²) in [7, 11) is 0. The molecular weight excluding hydrogens is 154 g/mol. The zero-order chi connectivity index (χ0) is 8.97. The molecule has 0 atom stereocenters. The number of nitrogen functional groups attached to an aromatic ring is 1. The van der Waals surface area contributed by atoms with Gasteiger partial charge in [0.1, 0.15) is 12.4 Å². The Kier molecular flexibility index (Phi) is 2.69. The van der Waals surface area contributed by atoms with E-state index in [4.69, 9.17) is 10.5 Å². The molecule has 0 heterocycles. The predicted octanol–water partition coefficient (Wildman–Crippen LogP) is 1.15. The van der Waals surface area contributed by atoms with Crippen LogP contribution in [0.2, 0.25) is 0 Å². The summed E-state index contributed by atoms with van der Waals surface area (Å²) in [6.07, 6.45) is 0.694. The Morgan fingerprint density at radius 1 is 1.58 bits per heavy atom. The van der Waals surface area contributed by atoms with Gasteiger partial charge >= 0.3 is 0 Å². The van der Waals surface area contributed by atoms with Crippen molar-refractivity contribution in [3.05, 3.63) is 23.8 Å². The number of hydrogen-bond donors (Lipinski definition) is 1. The minimum atomic E-state index is 0.0489. The molecule has 1 aromatic rings. The number of hydrogen-bond acceptors (Lipinski definition) is 3. The van der Waals surface area contributed by atoms with E-state index in [0.29, 0.717) is 17.7 Å². The number of benzene rings is 1. The summed E-state index contributed by atoms with van der Waals surface area (Å²) in [4.78, 5) is 9.99. The van der Waals surface area contributed by atoms with Crippen LogP contribution >= 0.6 is 0 Å². The molecule has 2 N–H and O–H groups in total. The van der Waals surface area contributed by atoms with Crippen LogP contribution in [0.5, 0.6) is 5.75 Å². The molecule has 0 bridgehead atoms. The fraction of sp³-hybridized carbons (Fsp3) is 0.222. The van der Waals surface area contributed by atoms with E-state index in [1.54, 1.807) is 12.1 Å². The van der Waals surface area contributed by atoms with E-state index in [9.17, 15) is 4.79 Å². The van der Waals surface area contributed by atoms with Crippen LogP contribution in [0, 0.1) is 6.92 Å². The van der Waals surface area contributed by atoms with E-state index >= 15 is 0 Å². The smallest absolute Gasteiger partial charge is 0.157 e. The highest BCUT2D eigenvalue weighted by Gasteiger charge is 1.98. The first-order valence-electron chi connectivity index (χ1n) is 3.66. The van der Waals surface area contributed by atoms with Gasteiger partial charge in [0.2, 0.25) is 0 Å². The van der Waals surface area contributed by atoms with Gasteiger partial charge in [-0.3, -0.25) is 4.79 Å². The number of ether oxygens (including phenoxy) is 1. The van der Waals surface area contributed by atoms with Crippen LogP contribution in [-0.2, 0) is 4.79 Å². The molecule has 0 aliphatic rings. The molecule has 0 spiro atoms. The van der Waals surface area contributed by atoms with Crippen LogP contribution in [0.4, 0.5) is 5.69 Å². The van der Waals surface area contributed by atoms with Crippen LogP contribution in [-0.4, -0.2) is 12.9 Å². The van der Waals surface area contributed by atoms with E-state index < -0.39 is 0 Å². The van der Waals surface area contributed by atoms with Gasteiger partial charge in [0, 0.05) is 0 Å². The van der Waals surface area contributed by atoms with Crippen molar-refractivity contribution in [2.45, 2.75) is 6.92 Å². The standard InChI is InChI=1S/C9H11NO2/c1-7-2-3-9(8(10)6-7)12-5-4-11/h2-4,6H,5,10H2,1H3. The quantitative estimate of drug-likeness (QED) is 0.540. The topological polar surface area (TPSA) is 52.3 Å². The first-order valence-corrected chi connectivity index (χ1v) is 3.66. The number of carbonyl (C=O) groups excluding carboxylic acids is 1. The second kappa shape index (κ2) is 3.76. The highest BCUT2D eigenvalue weighted by atomic mass is 16.5. The Hall–Kier alpha value is -1.51. The minimum absolute atomic E-state index is 0.0489. The number of anilines is 1. The lowest BCUT2D eigenvalue weighted by molar-refractivity contribution is -0.109. The number of rotatable bonds is 3. The van der Waals surface area contributed by atoms with Crippen molar-refractivity contribution in [1.29, 1.82) is 0 Å². The molecule has 0 saturated carbocycles. The van der Waals surface area contributed by atoms with Gasteiger partial charge < -0.3 is 10.5 Å². The van der Waals surface area contributed by atoms with Crippen LogP contribution in [0.25, 0.3) is 0 Å². The number of carbonyl (C=O) groups is 1. The first kappa shape index (κ1) is 8.59. The second-order valence-corrected chi connectivity index (χ2v) is 2.52. The van der Waals surface area contributed by atoms with E-state index in [2.05, 4.69) is 0 Å². The summed E-state index contributed by atoms with van der Waals surface area (Å²) in [6, 6.07) is 5.45. The molecule has 0 aliphatic heterocycles. The Morgan fingerprint density at radius 2 is 2.33 bits per heavy atom. The van der Waals surface area contributed by atoms with E-state index in [1.807, 2.05) is 13.0 Å². The van der Waals surface area contributed by atoms with Gasteiger partial charge in [-0.15, -0.1) is 0 Å². The monoisotopic (exact) mass is 165 g/mol. The number of aryl methyl sites for hydroxylation is 1. The fourth-order valence-electron chi connectivity index (χ4n) is 0.923. The summed E-state index contributed by atoms with van der Waals surface area (Å²) in [5.74, 6) is 0.563. The minimum Gasteiger partial charge on any atom is -0.484 e. The van der Waals surface area contributed by atoms with Crippen LogP contribution in [0.3, 0.4) is 0 Å². The molecule has 3 heteroatoms. The lowest BCUT2D eigenvalue weighted by Crippen LogP contribution is -2.00. The molecule has 64 valence electrons. The maximum Gasteiger partial charge on any atom is 0.157 e. The fourth-order valence-corrected chi connectivity index (χ4v) is 0.923. The summed E-state index contributed by atoms with van der Waals surface area (Å²) in [6.45, 7) is 1.99. The first-order chi connectivity index (χ1) is 5.74. The normalized spacial score (nSPS) is 9.42. The number of nitrogens with two attached hydrogens (primary N) is 1. The maximum absolute atomic E-state index is 9.99. The average Bonchev–Trinajstić information content (AvgIpc) is 2.03. The van der Waals surface area contributed by atoms with Crippen molar-refractivity contribution in [3.63, 3.8) is 0 Å². The Morgan fingerprint density at radius 3 is 2.92 bits per heavy atom. The van der Waals surface area contributed by atoms with Gasteiger partial charge in [0.05, 0.1) is 5.69 Å². The third-order valence-corrected chi connectivity index (χ3v) is 1.47. The molecular formula is C9H11NO2. The lowest BCUT2D eigenvalue weighted by Gasteiger charge is -2.05. The van der Waals surface area contributed by atoms with Gasteiger partial charge in [0.15, 0.2) is 6.29 Å². The zero-order valence-corrected chi connectivity index (χ0v) is 6.91. The summed E-state index contributed by atoms with van der Waals surface area (Å²) in [5.41, 5.74) is 7.26. The van der Waals surface area contributed by atoms with Crippen LogP contribution < -0.4 is 10.5 Å². The molecule has 0 unspecified atom stereocenters. The third-order valence-electron chi connectivity index (χ3n) is 1.47. The summed E-state index contributed by atoms with van der Waals surface area (Å²) >= 11 is 0. The van der Waals surface area contributed by atoms with E-state index in [1.165, 1.54) is 0 Å². The Labute approximate surface area is 71.1 Å². The van der Waals surface area contributed by atoms with Crippen molar-refractivity contribution < 1.29 is 9.53 Å². The molecule has 1 aromatic carbocycles. The molecule has 0 radical (unpaired) electrons. The highest BCUT2D eigenvalue weighted by Crippen LogP contribution is 2.21. The molecule has 12 heavy (non-hydrogen) atoms. The number of aldehydes is 1. The molecule has 0 amide bonds. The van der Waals surface area contributed by atoms with Gasteiger partial charge in [-0.1, -0.05) is 6.07 Å². The van der Waals surface area contributed by atoms with Crippen LogP contribution in [0.15, 0.2) is 18.2 Å². The van der Waals surface area contributed by atoms with Crippen LogP contribution in [0.1, 0.15) is 5.56 Å². The highest BCUT2D eigenvalue weighted by molar-refractivity contribution is 5.56. The van der Waals surface area contributed by atoms with Crippen molar-refractivity contribution in [2.75, 3.05) is 12.3 Å². The summed E-state index contributed by atoms with van der Waals surface area (Å²) in [5, 5.41) is 0.